The van der Waals surface area contributed by atoms with Crippen molar-refractivity contribution in [3.8, 4) is 0 Å². The van der Waals surface area contributed by atoms with Gasteiger partial charge in [-0.05, 0) is 26.3 Å². The number of carbonyl (C=O) groups excluding carboxylic acids is 2. The molecule has 128 valence electrons. The normalized spacial score (nSPS) is 21.9. The van der Waals surface area contributed by atoms with Gasteiger partial charge in [0.1, 0.15) is 11.2 Å². The molecule has 4 heterocycles. The highest BCUT2D eigenvalue weighted by Crippen LogP contribution is 2.30. The molecule has 1 spiro atoms. The molecule has 24 heavy (non-hydrogen) atoms. The van der Waals surface area contributed by atoms with E-state index in [1.165, 1.54) is 11.3 Å². The summed E-state index contributed by atoms with van der Waals surface area (Å²) in [6.45, 7) is 2.81. The van der Waals surface area contributed by atoms with E-state index in [0.717, 1.165) is 24.5 Å². The lowest BCUT2D eigenvalue weighted by Crippen LogP contribution is -2.61. The van der Waals surface area contributed by atoms with Crippen LogP contribution in [-0.2, 0) is 4.79 Å². The molecule has 0 aromatic carbocycles. The van der Waals surface area contributed by atoms with Gasteiger partial charge in [0.2, 0.25) is 5.91 Å². The van der Waals surface area contributed by atoms with Gasteiger partial charge < -0.3 is 10.2 Å². The van der Waals surface area contributed by atoms with Crippen LogP contribution >= 0.6 is 11.3 Å². The lowest BCUT2D eigenvalue weighted by Gasteiger charge is -2.44. The minimum absolute atomic E-state index is 0.0440. The van der Waals surface area contributed by atoms with E-state index in [0.29, 0.717) is 31.6 Å². The fourth-order valence-electron chi connectivity index (χ4n) is 3.75. The molecule has 2 fully saturated rings. The second kappa shape index (κ2) is 5.86. The SMILES string of the molecule is CN1CCCNC(=O)C12CCN(C(=O)c1cn3ccsc3n1)CC2. The summed E-state index contributed by atoms with van der Waals surface area (Å²) in [5, 5.41) is 4.97. The Balaban J connectivity index is 1.49. The number of hydrogen-bond acceptors (Lipinski definition) is 5. The van der Waals surface area contributed by atoms with Crippen LogP contribution in [-0.4, -0.2) is 69.8 Å². The molecule has 4 rings (SSSR count). The van der Waals surface area contributed by atoms with Gasteiger partial charge in [-0.15, -0.1) is 11.3 Å². The molecule has 8 heteroatoms. The smallest absolute Gasteiger partial charge is 0.274 e. The van der Waals surface area contributed by atoms with Gasteiger partial charge in [-0.25, -0.2) is 4.98 Å². The van der Waals surface area contributed by atoms with Crippen LogP contribution in [0.2, 0.25) is 0 Å². The second-order valence-electron chi connectivity index (χ2n) is 6.57. The topological polar surface area (TPSA) is 70.0 Å². The van der Waals surface area contributed by atoms with E-state index in [1.807, 2.05) is 27.9 Å². The van der Waals surface area contributed by atoms with E-state index in [4.69, 9.17) is 0 Å². The van der Waals surface area contributed by atoms with Crippen LogP contribution in [0.4, 0.5) is 0 Å². The minimum Gasteiger partial charge on any atom is -0.354 e. The zero-order chi connectivity index (χ0) is 16.7. The van der Waals surface area contributed by atoms with Crippen LogP contribution in [0.1, 0.15) is 29.8 Å². The third-order valence-electron chi connectivity index (χ3n) is 5.30. The summed E-state index contributed by atoms with van der Waals surface area (Å²) >= 11 is 1.51. The predicted octanol–water partition coefficient (Wildman–Crippen LogP) is 0.822. The zero-order valence-electron chi connectivity index (χ0n) is 13.7. The number of likely N-dealkylation sites (tertiary alicyclic amines) is 1. The maximum Gasteiger partial charge on any atom is 0.274 e. The van der Waals surface area contributed by atoms with Crippen molar-refractivity contribution in [3.05, 3.63) is 23.5 Å². The number of rotatable bonds is 1. The van der Waals surface area contributed by atoms with Gasteiger partial charge in [0, 0.05) is 44.0 Å². The fraction of sp³-hybridized carbons (Fsp3) is 0.562. The summed E-state index contributed by atoms with van der Waals surface area (Å²) in [7, 11) is 2.02. The first-order chi connectivity index (χ1) is 11.6. The van der Waals surface area contributed by atoms with Crippen LogP contribution in [0.15, 0.2) is 17.8 Å². The van der Waals surface area contributed by atoms with Crippen LogP contribution in [0.3, 0.4) is 0 Å². The Hall–Kier alpha value is -1.93. The predicted molar refractivity (Wildman–Crippen MR) is 91.2 cm³/mol. The lowest BCUT2D eigenvalue weighted by atomic mass is 9.85. The van der Waals surface area contributed by atoms with E-state index < -0.39 is 5.54 Å². The van der Waals surface area contributed by atoms with Crippen molar-refractivity contribution in [2.45, 2.75) is 24.8 Å². The number of thiazole rings is 1. The number of amides is 2. The molecular formula is C16H21N5O2S. The molecule has 0 bridgehead atoms. The summed E-state index contributed by atoms with van der Waals surface area (Å²) < 4.78 is 1.87. The number of nitrogens with zero attached hydrogens (tertiary/aromatic N) is 4. The van der Waals surface area contributed by atoms with Gasteiger partial charge in [0.15, 0.2) is 4.96 Å². The van der Waals surface area contributed by atoms with E-state index in [-0.39, 0.29) is 11.8 Å². The van der Waals surface area contributed by atoms with Crippen molar-refractivity contribution in [1.82, 2.24) is 24.5 Å². The van der Waals surface area contributed by atoms with Crippen molar-refractivity contribution in [3.63, 3.8) is 0 Å². The summed E-state index contributed by atoms with van der Waals surface area (Å²) in [6.07, 6.45) is 5.99. The molecule has 2 aliphatic rings. The van der Waals surface area contributed by atoms with Crippen molar-refractivity contribution < 1.29 is 9.59 Å². The third-order valence-corrected chi connectivity index (χ3v) is 6.07. The molecule has 2 aromatic heterocycles. The van der Waals surface area contributed by atoms with Crippen LogP contribution in [0.5, 0.6) is 0 Å². The molecule has 7 nitrogen and oxygen atoms in total. The summed E-state index contributed by atoms with van der Waals surface area (Å²) in [5.74, 6) is 0.0644. The molecule has 2 aromatic rings. The van der Waals surface area contributed by atoms with Gasteiger partial charge in [0.25, 0.3) is 5.91 Å². The van der Waals surface area contributed by atoms with Crippen LogP contribution in [0.25, 0.3) is 4.96 Å². The monoisotopic (exact) mass is 347 g/mol. The third kappa shape index (κ3) is 2.41. The molecule has 1 N–H and O–H groups in total. The first-order valence-corrected chi connectivity index (χ1v) is 9.19. The second-order valence-corrected chi connectivity index (χ2v) is 7.45. The van der Waals surface area contributed by atoms with Gasteiger partial charge in [0.05, 0.1) is 0 Å². The van der Waals surface area contributed by atoms with Crippen molar-refractivity contribution >= 4 is 28.1 Å². The van der Waals surface area contributed by atoms with Gasteiger partial charge in [-0.1, -0.05) is 0 Å². The Morgan fingerprint density at radius 3 is 2.88 bits per heavy atom. The number of piperidine rings is 1. The lowest BCUT2D eigenvalue weighted by molar-refractivity contribution is -0.134. The molecule has 2 saturated heterocycles. The Bertz CT molecular complexity index is 746. The molecule has 2 amide bonds. The Morgan fingerprint density at radius 1 is 1.33 bits per heavy atom. The number of nitrogens with one attached hydrogen (secondary N) is 1. The first kappa shape index (κ1) is 15.6. The summed E-state index contributed by atoms with van der Waals surface area (Å²) in [6, 6.07) is 0. The molecule has 0 unspecified atom stereocenters. The van der Waals surface area contributed by atoms with Crippen molar-refractivity contribution in [2.24, 2.45) is 0 Å². The number of imidazole rings is 1. The Morgan fingerprint density at radius 2 is 2.12 bits per heavy atom. The van der Waals surface area contributed by atoms with Gasteiger partial charge in [-0.2, -0.15) is 0 Å². The Labute approximate surface area is 144 Å². The largest absolute Gasteiger partial charge is 0.354 e. The minimum atomic E-state index is -0.470. The average molecular weight is 347 g/mol. The standard InChI is InChI=1S/C16H21N5O2S/c1-19-6-2-5-17-14(23)16(19)3-7-20(8-4-16)13(22)12-11-21-9-10-24-15(21)18-12/h9-11H,2-8H2,1H3,(H,17,23). The fourth-order valence-corrected chi connectivity index (χ4v) is 4.45. The highest BCUT2D eigenvalue weighted by molar-refractivity contribution is 7.15. The molecule has 0 saturated carbocycles. The van der Waals surface area contributed by atoms with Crippen LogP contribution < -0.4 is 5.32 Å². The number of hydrogen-bond donors (Lipinski definition) is 1. The molecule has 0 atom stereocenters. The molecular weight excluding hydrogens is 326 g/mol. The maximum atomic E-state index is 12.7. The van der Waals surface area contributed by atoms with E-state index in [2.05, 4.69) is 15.2 Å². The maximum absolute atomic E-state index is 12.7. The quantitative estimate of drug-likeness (QED) is 0.829. The summed E-state index contributed by atoms with van der Waals surface area (Å²) in [4.78, 5) is 34.5. The molecule has 0 aliphatic carbocycles. The first-order valence-electron chi connectivity index (χ1n) is 8.31. The number of likely N-dealkylation sites (N-methyl/N-ethyl adjacent to an activating group) is 1. The van der Waals surface area contributed by atoms with Gasteiger partial charge >= 0.3 is 0 Å². The van der Waals surface area contributed by atoms with E-state index >= 15 is 0 Å². The average Bonchev–Trinajstić information content (AvgIpc) is 3.16. The number of fused-ring (bicyclic) bond motifs is 1. The van der Waals surface area contributed by atoms with Gasteiger partial charge in [-0.3, -0.25) is 18.9 Å². The van der Waals surface area contributed by atoms with Crippen molar-refractivity contribution in [2.75, 3.05) is 33.2 Å². The Kier molecular flexibility index (Phi) is 3.80. The highest BCUT2D eigenvalue weighted by atomic mass is 32.1. The zero-order valence-corrected chi connectivity index (χ0v) is 14.5. The number of carbonyl (C=O) groups is 2. The van der Waals surface area contributed by atoms with Crippen LogP contribution in [0, 0.1) is 0 Å². The molecule has 0 radical (unpaired) electrons. The highest BCUT2D eigenvalue weighted by Gasteiger charge is 2.46. The van der Waals surface area contributed by atoms with Crippen molar-refractivity contribution in [1.29, 1.82) is 0 Å². The molecule has 2 aliphatic heterocycles. The van der Waals surface area contributed by atoms with E-state index in [9.17, 15) is 9.59 Å². The number of aromatic nitrogens is 2. The van der Waals surface area contributed by atoms with E-state index in [1.54, 1.807) is 6.20 Å². The summed E-state index contributed by atoms with van der Waals surface area (Å²) in [5.41, 5.74) is 0.0124.